The summed E-state index contributed by atoms with van der Waals surface area (Å²) in [4.78, 5) is 27.5. The number of aromatic nitrogens is 1. The van der Waals surface area contributed by atoms with Crippen LogP contribution in [0.5, 0.6) is 5.75 Å². The fourth-order valence-corrected chi connectivity index (χ4v) is 3.17. The van der Waals surface area contributed by atoms with Crippen LogP contribution in [-0.4, -0.2) is 40.1 Å². The molecule has 2 atom stereocenters. The summed E-state index contributed by atoms with van der Waals surface area (Å²) in [7, 11) is -1.40. The SMILES string of the molecule is Nc1nc([C@@H](N)C(=O)N[C@H]2Cc3cccc(C(=O)O)c3OB2O)cs1. The van der Waals surface area contributed by atoms with E-state index in [1.165, 1.54) is 17.4 Å². The van der Waals surface area contributed by atoms with Crippen molar-refractivity contribution in [3.05, 3.63) is 40.4 Å². The fourth-order valence-electron chi connectivity index (χ4n) is 2.57. The average molecular weight is 362 g/mol. The van der Waals surface area contributed by atoms with E-state index in [-0.39, 0.29) is 17.7 Å². The Morgan fingerprint density at radius 2 is 2.24 bits per heavy atom. The second kappa shape index (κ2) is 6.71. The lowest BCUT2D eigenvalue weighted by atomic mass is 9.72. The zero-order valence-electron chi connectivity index (χ0n) is 12.9. The van der Waals surface area contributed by atoms with Gasteiger partial charge in [0.25, 0.3) is 0 Å². The second-order valence-electron chi connectivity index (χ2n) is 5.51. The number of aromatic carboxylic acids is 1. The molecule has 25 heavy (non-hydrogen) atoms. The Morgan fingerprint density at radius 3 is 2.88 bits per heavy atom. The summed E-state index contributed by atoms with van der Waals surface area (Å²) < 4.78 is 5.31. The number of para-hydroxylation sites is 1. The number of hydrogen-bond acceptors (Lipinski definition) is 8. The molecule has 0 aliphatic carbocycles. The first-order chi connectivity index (χ1) is 11.9. The van der Waals surface area contributed by atoms with Crippen LogP contribution in [0.3, 0.4) is 0 Å². The van der Waals surface area contributed by atoms with Crippen LogP contribution in [0, 0.1) is 0 Å². The fraction of sp³-hybridized carbons (Fsp3) is 0.214. The highest BCUT2D eigenvalue weighted by Crippen LogP contribution is 2.30. The smallest absolute Gasteiger partial charge is 0.534 e. The minimum atomic E-state index is -1.40. The van der Waals surface area contributed by atoms with Crippen molar-refractivity contribution in [2.45, 2.75) is 18.4 Å². The summed E-state index contributed by atoms with van der Waals surface area (Å²) >= 11 is 1.17. The number of fused-ring (bicyclic) bond motifs is 1. The van der Waals surface area contributed by atoms with E-state index in [9.17, 15) is 19.7 Å². The van der Waals surface area contributed by atoms with Crippen molar-refractivity contribution < 1.29 is 24.4 Å². The molecule has 1 aromatic heterocycles. The number of carbonyl (C=O) groups is 2. The maximum Gasteiger partial charge on any atom is 0.547 e. The van der Waals surface area contributed by atoms with Gasteiger partial charge in [-0.05, 0) is 18.1 Å². The number of nitrogens with two attached hydrogens (primary N) is 2. The van der Waals surface area contributed by atoms with E-state index in [4.69, 9.17) is 16.1 Å². The Kier molecular flexibility index (Phi) is 4.62. The number of benzene rings is 1. The molecule has 0 unspecified atom stereocenters. The van der Waals surface area contributed by atoms with Crippen LogP contribution in [0.1, 0.15) is 27.7 Å². The van der Waals surface area contributed by atoms with E-state index in [0.717, 1.165) is 0 Å². The number of nitrogens with zero attached hydrogens (tertiary/aromatic N) is 1. The molecule has 130 valence electrons. The maximum atomic E-state index is 12.3. The van der Waals surface area contributed by atoms with Crippen LogP contribution < -0.4 is 21.4 Å². The van der Waals surface area contributed by atoms with E-state index in [0.29, 0.717) is 16.4 Å². The quantitative estimate of drug-likeness (QED) is 0.458. The maximum absolute atomic E-state index is 12.3. The number of hydrogen-bond donors (Lipinski definition) is 5. The predicted molar refractivity (Wildman–Crippen MR) is 91.1 cm³/mol. The van der Waals surface area contributed by atoms with Gasteiger partial charge in [-0.25, -0.2) is 9.78 Å². The number of carbonyl (C=O) groups excluding carboxylic acids is 1. The number of anilines is 1. The highest BCUT2D eigenvalue weighted by Gasteiger charge is 2.38. The summed E-state index contributed by atoms with van der Waals surface area (Å²) in [5.74, 6) is -2.37. The van der Waals surface area contributed by atoms with Gasteiger partial charge in [-0.2, -0.15) is 0 Å². The number of nitrogen functional groups attached to an aromatic ring is 1. The molecule has 11 heteroatoms. The lowest BCUT2D eigenvalue weighted by molar-refractivity contribution is -0.123. The Hall–Kier alpha value is -2.63. The third kappa shape index (κ3) is 3.43. The Bertz CT molecular complexity index is 829. The first-order valence-electron chi connectivity index (χ1n) is 7.33. The van der Waals surface area contributed by atoms with Gasteiger partial charge in [-0.3, -0.25) is 4.79 Å². The van der Waals surface area contributed by atoms with Gasteiger partial charge in [-0.15, -0.1) is 11.3 Å². The number of carboxylic acids is 1. The average Bonchev–Trinajstić information content (AvgIpc) is 3.00. The molecule has 0 saturated heterocycles. The third-order valence-electron chi connectivity index (χ3n) is 3.82. The summed E-state index contributed by atoms with van der Waals surface area (Å²) in [5, 5.41) is 23.8. The van der Waals surface area contributed by atoms with Crippen LogP contribution in [0.25, 0.3) is 0 Å². The minimum Gasteiger partial charge on any atom is -0.534 e. The molecule has 2 aromatic rings. The summed E-state index contributed by atoms with van der Waals surface area (Å²) in [5.41, 5.74) is 12.2. The molecule has 2 heterocycles. The third-order valence-corrected chi connectivity index (χ3v) is 4.51. The van der Waals surface area contributed by atoms with Crippen LogP contribution in [0.15, 0.2) is 23.6 Å². The molecular weight excluding hydrogens is 347 g/mol. The molecule has 7 N–H and O–H groups in total. The van der Waals surface area contributed by atoms with Crippen molar-refractivity contribution in [1.29, 1.82) is 0 Å². The Morgan fingerprint density at radius 1 is 1.48 bits per heavy atom. The minimum absolute atomic E-state index is 0.0454. The monoisotopic (exact) mass is 362 g/mol. The zero-order chi connectivity index (χ0) is 18.1. The normalized spacial score (nSPS) is 17.4. The van der Waals surface area contributed by atoms with E-state index >= 15 is 0 Å². The lowest BCUT2D eigenvalue weighted by Crippen LogP contribution is -2.54. The molecule has 0 fully saturated rings. The van der Waals surface area contributed by atoms with Crippen molar-refractivity contribution in [3.8, 4) is 5.75 Å². The molecule has 1 aliphatic heterocycles. The number of thiazole rings is 1. The van der Waals surface area contributed by atoms with Crippen LogP contribution in [0.4, 0.5) is 5.13 Å². The summed E-state index contributed by atoms with van der Waals surface area (Å²) in [6.45, 7) is 0. The van der Waals surface area contributed by atoms with Crippen LogP contribution in [0.2, 0.25) is 0 Å². The first-order valence-corrected chi connectivity index (χ1v) is 8.21. The van der Waals surface area contributed by atoms with Crippen molar-refractivity contribution >= 4 is 35.5 Å². The Balaban J connectivity index is 1.75. The second-order valence-corrected chi connectivity index (χ2v) is 6.40. The van der Waals surface area contributed by atoms with E-state index < -0.39 is 31.0 Å². The standard InChI is InChI=1S/C14H15BN4O5S/c16-10(8-5-25-14(17)18-8)12(20)19-9-4-6-2-1-3-7(13(21)22)11(6)24-15(9)23/h1-3,5,9-10,23H,4,16H2,(H2,17,18)(H,19,20)(H,21,22)/t9-,10+/m0/s1. The molecule has 1 aliphatic rings. The molecule has 0 spiro atoms. The van der Waals surface area contributed by atoms with Crippen molar-refractivity contribution in [1.82, 2.24) is 10.3 Å². The molecule has 1 amide bonds. The summed E-state index contributed by atoms with van der Waals surface area (Å²) in [6, 6.07) is 3.60. The highest BCUT2D eigenvalue weighted by atomic mass is 32.1. The topological polar surface area (TPSA) is 161 Å². The first kappa shape index (κ1) is 17.2. The van der Waals surface area contributed by atoms with Crippen molar-refractivity contribution in [3.63, 3.8) is 0 Å². The van der Waals surface area contributed by atoms with Crippen LogP contribution >= 0.6 is 11.3 Å². The van der Waals surface area contributed by atoms with Gasteiger partial charge in [0.15, 0.2) is 5.13 Å². The molecule has 3 rings (SSSR count). The van der Waals surface area contributed by atoms with Gasteiger partial charge in [0.1, 0.15) is 11.8 Å². The van der Waals surface area contributed by atoms with E-state index in [1.807, 2.05) is 0 Å². The zero-order valence-corrected chi connectivity index (χ0v) is 13.7. The Labute approximate surface area is 146 Å². The highest BCUT2D eigenvalue weighted by molar-refractivity contribution is 7.13. The van der Waals surface area contributed by atoms with Crippen LogP contribution in [-0.2, 0) is 11.2 Å². The molecular formula is C14H15BN4O5S. The number of carboxylic acid groups (broad SMARTS) is 1. The van der Waals surface area contributed by atoms with Gasteiger partial charge >= 0.3 is 13.1 Å². The number of rotatable bonds is 4. The number of amides is 1. The van der Waals surface area contributed by atoms with Gasteiger partial charge in [-0.1, -0.05) is 12.1 Å². The molecule has 0 saturated carbocycles. The van der Waals surface area contributed by atoms with E-state index in [1.54, 1.807) is 17.5 Å². The van der Waals surface area contributed by atoms with E-state index in [2.05, 4.69) is 10.3 Å². The predicted octanol–water partition coefficient (Wildman–Crippen LogP) is -0.437. The number of nitrogens with one attached hydrogen (secondary N) is 1. The van der Waals surface area contributed by atoms with Gasteiger partial charge in [0.05, 0.1) is 17.2 Å². The van der Waals surface area contributed by atoms with Crippen molar-refractivity contribution in [2.75, 3.05) is 5.73 Å². The molecule has 0 radical (unpaired) electrons. The largest absolute Gasteiger partial charge is 0.547 e. The summed E-state index contributed by atoms with van der Waals surface area (Å²) in [6.07, 6.45) is 0.204. The molecule has 9 nitrogen and oxygen atoms in total. The molecule has 0 bridgehead atoms. The van der Waals surface area contributed by atoms with Crippen molar-refractivity contribution in [2.24, 2.45) is 5.73 Å². The van der Waals surface area contributed by atoms with Gasteiger partial charge < -0.3 is 31.6 Å². The van der Waals surface area contributed by atoms with Gasteiger partial charge in [0, 0.05) is 5.38 Å². The lowest BCUT2D eigenvalue weighted by Gasteiger charge is -2.29. The molecule has 1 aromatic carbocycles. The van der Waals surface area contributed by atoms with Gasteiger partial charge in [0.2, 0.25) is 5.91 Å².